The molecule has 0 radical (unpaired) electrons. The second-order valence-corrected chi connectivity index (χ2v) is 19.2. The van der Waals surface area contributed by atoms with Crippen molar-refractivity contribution in [2.75, 3.05) is 19.6 Å². The molecule has 0 amide bonds. The Bertz CT molecular complexity index is 355. The van der Waals surface area contributed by atoms with Crippen molar-refractivity contribution in [3.05, 3.63) is 4.65 Å². The molecule has 0 aromatic carbocycles. The zero-order chi connectivity index (χ0) is 17.3. The van der Waals surface area contributed by atoms with E-state index in [1.807, 2.05) is 0 Å². The van der Waals surface area contributed by atoms with Gasteiger partial charge in [-0.15, -0.1) is 0 Å². The maximum absolute atomic E-state index is 6.04. The first-order valence-electron chi connectivity index (χ1n) is 8.72. The summed E-state index contributed by atoms with van der Waals surface area (Å²) in [5.74, 6) is 0. The minimum atomic E-state index is -1.11. The van der Waals surface area contributed by atoms with Gasteiger partial charge in [-0.1, -0.05) is 55.8 Å². The maximum Gasteiger partial charge on any atom is 1.00 e. The van der Waals surface area contributed by atoms with E-state index in [0.717, 1.165) is 6.54 Å². The van der Waals surface area contributed by atoms with Crippen LogP contribution in [0.5, 0.6) is 0 Å². The molecule has 1 N–H and O–H groups in total. The van der Waals surface area contributed by atoms with E-state index < -0.39 is 16.5 Å². The van der Waals surface area contributed by atoms with Crippen molar-refractivity contribution in [2.45, 2.75) is 85.0 Å². The molecule has 4 nitrogen and oxygen atoms in total. The van der Waals surface area contributed by atoms with Crippen molar-refractivity contribution in [2.24, 2.45) is 0 Å². The van der Waals surface area contributed by atoms with Gasteiger partial charge >= 0.3 is 51.4 Å². The molecule has 2 aliphatic rings. The van der Waals surface area contributed by atoms with Gasteiger partial charge in [-0.25, -0.2) is 4.90 Å². The molecule has 2 rings (SSSR count). The van der Waals surface area contributed by atoms with Crippen LogP contribution in [0.2, 0.25) is 39.3 Å². The Morgan fingerprint density at radius 2 is 1.57 bits per heavy atom. The number of hydrogen-bond acceptors (Lipinski definition) is 2. The van der Waals surface area contributed by atoms with E-state index in [-0.39, 0.29) is 57.0 Å². The van der Waals surface area contributed by atoms with Gasteiger partial charge in [0.25, 0.3) is 6.35 Å². The van der Waals surface area contributed by atoms with Gasteiger partial charge in [-0.05, 0) is 27.7 Å². The summed E-state index contributed by atoms with van der Waals surface area (Å²) in [5.41, 5.74) is 0.0607. The summed E-state index contributed by atoms with van der Waals surface area (Å²) in [4.78, 5) is 4.06. The van der Waals surface area contributed by atoms with Crippen LogP contribution in [0, 0.1) is 0 Å². The van der Waals surface area contributed by atoms with Gasteiger partial charge in [-0.2, -0.15) is 0 Å². The summed E-state index contributed by atoms with van der Waals surface area (Å²) in [6, 6.07) is 0.670. The van der Waals surface area contributed by atoms with Crippen molar-refractivity contribution in [1.82, 2.24) is 4.90 Å². The van der Waals surface area contributed by atoms with Crippen LogP contribution in [-0.4, -0.2) is 59.0 Å². The Balaban J connectivity index is 0.000000434. The van der Waals surface area contributed by atoms with Crippen molar-refractivity contribution in [1.29, 1.82) is 0 Å². The molecule has 0 spiro atoms. The van der Waals surface area contributed by atoms with Crippen LogP contribution in [0.1, 0.15) is 27.7 Å². The molecule has 2 heterocycles. The van der Waals surface area contributed by atoms with Gasteiger partial charge in [0, 0.05) is 6.54 Å². The summed E-state index contributed by atoms with van der Waals surface area (Å²) in [6.45, 7) is 26.2. The summed E-state index contributed by atoms with van der Waals surface area (Å²) in [6.07, 6.45) is 0.329. The van der Waals surface area contributed by atoms with Gasteiger partial charge in [0.2, 0.25) is 0 Å². The van der Waals surface area contributed by atoms with Gasteiger partial charge in [0.05, 0.1) is 24.7 Å². The Kier molecular flexibility index (Phi) is 9.98. The molecule has 23 heavy (non-hydrogen) atoms. The molecule has 0 bridgehead atoms. The van der Waals surface area contributed by atoms with Crippen LogP contribution < -0.4 is 56.3 Å². The fraction of sp³-hybridized carbons (Fsp3) is 1.00. The summed E-state index contributed by atoms with van der Waals surface area (Å²) >= 11 is 0. The van der Waals surface area contributed by atoms with E-state index in [0.29, 0.717) is 12.4 Å². The number of fused-ring (bicyclic) bond motifs is 1. The molecule has 2 fully saturated rings. The van der Waals surface area contributed by atoms with Gasteiger partial charge in [0.1, 0.15) is 0 Å². The van der Waals surface area contributed by atoms with Crippen molar-refractivity contribution in [3.8, 4) is 0 Å². The number of nitrogens with one attached hydrogen (secondary N) is 1. The molecular formula is C16H39KN3OSi2+. The largest absolute Gasteiger partial charge is 1.00 e. The van der Waals surface area contributed by atoms with Gasteiger partial charge < -0.3 is 9.38 Å². The van der Waals surface area contributed by atoms with Crippen molar-refractivity contribution < 1.29 is 61.0 Å². The Morgan fingerprint density at radius 3 is 1.91 bits per heavy atom. The van der Waals surface area contributed by atoms with Crippen molar-refractivity contribution >= 4 is 16.5 Å². The molecule has 2 aliphatic heterocycles. The first-order chi connectivity index (χ1) is 9.70. The number of ether oxygens (including phenoxy) is 1. The number of nitrogens with zero attached hydrogens (tertiary/aromatic N) is 2. The zero-order valence-corrected chi connectivity index (χ0v) is 22.7. The molecule has 1 unspecified atom stereocenters. The first-order valence-corrected chi connectivity index (χ1v) is 15.6. The van der Waals surface area contributed by atoms with E-state index in [1.165, 1.54) is 13.1 Å². The van der Waals surface area contributed by atoms with Crippen molar-refractivity contribution in [3.63, 3.8) is 0 Å². The number of rotatable bonds is 3. The van der Waals surface area contributed by atoms with Crippen LogP contribution in [0.3, 0.4) is 0 Å². The molecule has 132 valence electrons. The van der Waals surface area contributed by atoms with Crippen LogP contribution in [0.15, 0.2) is 0 Å². The monoisotopic (exact) mass is 384 g/mol. The average Bonchev–Trinajstić information content (AvgIpc) is 2.66. The van der Waals surface area contributed by atoms with E-state index in [2.05, 4.69) is 71.9 Å². The maximum atomic E-state index is 6.04. The molecule has 0 aromatic rings. The third kappa shape index (κ3) is 9.42. The van der Waals surface area contributed by atoms with Gasteiger partial charge in [0.15, 0.2) is 0 Å². The number of quaternary nitrogens is 1. The summed E-state index contributed by atoms with van der Waals surface area (Å²) < 4.78 is 10.9. The molecule has 0 aliphatic carbocycles. The van der Waals surface area contributed by atoms with Crippen LogP contribution in [0.4, 0.5) is 0 Å². The topological polar surface area (TPSA) is 31.0 Å². The minimum absolute atomic E-state index is 0. The second kappa shape index (κ2) is 9.21. The van der Waals surface area contributed by atoms with E-state index in [1.54, 1.807) is 4.90 Å². The minimum Gasteiger partial charge on any atom is -0.668 e. The molecular weight excluding hydrogens is 345 g/mol. The first kappa shape index (κ1) is 24.9. The third-order valence-electron chi connectivity index (χ3n) is 3.76. The molecule has 2 saturated heterocycles. The van der Waals surface area contributed by atoms with Crippen LogP contribution in [0.25, 0.3) is 4.65 Å². The quantitative estimate of drug-likeness (QED) is 0.679. The smallest absolute Gasteiger partial charge is 0.668 e. The predicted molar refractivity (Wildman–Crippen MR) is 102 cm³/mol. The predicted octanol–water partition coefficient (Wildman–Crippen LogP) is -0.278. The van der Waals surface area contributed by atoms with E-state index in [9.17, 15) is 0 Å². The number of hydrogen-bond donors (Lipinski definition) is 1. The summed E-state index contributed by atoms with van der Waals surface area (Å²) in [7, 11) is -2.21. The normalized spacial score (nSPS) is 27.3. The fourth-order valence-corrected chi connectivity index (χ4v) is 11.5. The Morgan fingerprint density at radius 1 is 1.09 bits per heavy atom. The average molecular weight is 385 g/mol. The van der Waals surface area contributed by atoms with Gasteiger partial charge in [-0.3, -0.25) is 4.90 Å². The van der Waals surface area contributed by atoms with E-state index in [4.69, 9.17) is 9.38 Å². The molecule has 2 atom stereocenters. The third-order valence-corrected chi connectivity index (χ3v) is 9.13. The van der Waals surface area contributed by atoms with Crippen LogP contribution in [-0.2, 0) is 4.74 Å². The SMILES string of the molecule is CC(C)[NH+]1CCN2CC(C)(C)O[C@@H]21.C[Si](C)(C)[N-][Si](C)(C)C.[K+]. The van der Waals surface area contributed by atoms with E-state index >= 15 is 0 Å². The van der Waals surface area contributed by atoms with Crippen LogP contribution >= 0.6 is 0 Å². The Labute approximate surface area is 189 Å². The molecule has 0 aromatic heterocycles. The molecule has 7 heteroatoms. The second-order valence-electron chi connectivity index (χ2n) is 9.63. The fourth-order valence-electron chi connectivity index (χ4n) is 3.47. The Hall–Kier alpha value is 1.91. The zero-order valence-electron chi connectivity index (χ0n) is 17.6. The summed E-state index contributed by atoms with van der Waals surface area (Å²) in [5, 5.41) is 0. The standard InChI is InChI=1S/C10H20N2O.C6H18NSi2.K/c1-8(2)12-6-5-11-7-10(3,4)13-9(11)12;1-8(2,3)7-9(4,5)6;/h8-9H,5-7H2,1-4H3;1-6H3;/q;-1;+1/p+1/t9-;;/m0../s1. The molecule has 0 saturated carbocycles.